The highest BCUT2D eigenvalue weighted by molar-refractivity contribution is 6.08. The Morgan fingerprint density at radius 3 is 2.53 bits per heavy atom. The van der Waals surface area contributed by atoms with Crippen LogP contribution in [0, 0.1) is 16.0 Å². The van der Waals surface area contributed by atoms with E-state index in [2.05, 4.69) is 10.6 Å². The van der Waals surface area contributed by atoms with Crippen LogP contribution in [0.4, 0.5) is 11.4 Å². The molecule has 1 fully saturated rings. The molecule has 19 heavy (non-hydrogen) atoms. The zero-order chi connectivity index (χ0) is 14.0. The fourth-order valence-corrected chi connectivity index (χ4v) is 1.79. The van der Waals surface area contributed by atoms with Crippen LogP contribution in [0.1, 0.15) is 0 Å². The van der Waals surface area contributed by atoms with E-state index >= 15 is 0 Å². The van der Waals surface area contributed by atoms with Crippen LogP contribution in [-0.2, 0) is 9.59 Å². The number of carbonyl (C=O) groups is 2. The van der Waals surface area contributed by atoms with Crippen molar-refractivity contribution < 1.29 is 19.6 Å². The molecule has 100 valence electrons. The summed E-state index contributed by atoms with van der Waals surface area (Å²) in [4.78, 5) is 33.0. The Hall–Kier alpha value is -2.48. The van der Waals surface area contributed by atoms with Gasteiger partial charge in [-0.3, -0.25) is 19.7 Å². The molecular formula is C11H11N3O5. The minimum absolute atomic E-state index is 0.0389. The van der Waals surface area contributed by atoms with Gasteiger partial charge >= 0.3 is 0 Å². The number of nitro groups is 1. The van der Waals surface area contributed by atoms with Crippen LogP contribution in [0.5, 0.6) is 0 Å². The summed E-state index contributed by atoms with van der Waals surface area (Å²) in [6, 6.07) is 5.19. The van der Waals surface area contributed by atoms with Gasteiger partial charge in [0.15, 0.2) is 0 Å². The molecule has 2 atom stereocenters. The van der Waals surface area contributed by atoms with E-state index in [0.29, 0.717) is 5.69 Å². The zero-order valence-corrected chi connectivity index (χ0v) is 9.70. The molecule has 8 heteroatoms. The van der Waals surface area contributed by atoms with Gasteiger partial charge in [0.1, 0.15) is 5.92 Å². The summed E-state index contributed by atoms with van der Waals surface area (Å²) in [5.41, 5.74) is 0.221. The van der Waals surface area contributed by atoms with Crippen molar-refractivity contribution in [3.05, 3.63) is 34.4 Å². The van der Waals surface area contributed by atoms with Gasteiger partial charge in [0, 0.05) is 24.4 Å². The molecule has 1 aromatic carbocycles. The van der Waals surface area contributed by atoms with Crippen LogP contribution in [-0.4, -0.2) is 34.5 Å². The van der Waals surface area contributed by atoms with Gasteiger partial charge < -0.3 is 15.7 Å². The summed E-state index contributed by atoms with van der Waals surface area (Å²) < 4.78 is 0. The zero-order valence-electron chi connectivity index (χ0n) is 9.70. The number of hydrogen-bond donors (Lipinski definition) is 3. The Morgan fingerprint density at radius 1 is 1.42 bits per heavy atom. The molecule has 0 aromatic heterocycles. The maximum absolute atomic E-state index is 11.8. The lowest BCUT2D eigenvalue weighted by atomic mass is 10.0. The Balaban J connectivity index is 2.06. The quantitative estimate of drug-likeness (QED) is 0.391. The van der Waals surface area contributed by atoms with E-state index in [4.69, 9.17) is 0 Å². The van der Waals surface area contributed by atoms with E-state index < -0.39 is 28.8 Å². The first kappa shape index (κ1) is 13.0. The second kappa shape index (κ2) is 5.02. The molecule has 1 heterocycles. The Morgan fingerprint density at radius 2 is 2.05 bits per heavy atom. The number of aliphatic hydroxyl groups is 1. The monoisotopic (exact) mass is 265 g/mol. The third kappa shape index (κ3) is 2.68. The van der Waals surface area contributed by atoms with Crippen molar-refractivity contribution in [2.45, 2.75) is 6.10 Å². The number of β-amino-alcohol motifs (C(OH)–C–C–N with tert-alkyl or cyclic N) is 1. The average Bonchev–Trinajstić information content (AvgIpc) is 2.69. The number of nitro benzene ring substituents is 1. The molecular weight excluding hydrogens is 254 g/mol. The van der Waals surface area contributed by atoms with Gasteiger partial charge in [0.05, 0.1) is 11.0 Å². The maximum atomic E-state index is 11.8. The van der Waals surface area contributed by atoms with E-state index in [1.165, 1.54) is 24.3 Å². The largest absolute Gasteiger partial charge is 0.390 e. The van der Waals surface area contributed by atoms with Gasteiger partial charge in [0.25, 0.3) is 5.69 Å². The van der Waals surface area contributed by atoms with E-state index in [1.807, 2.05) is 0 Å². The number of carbonyl (C=O) groups excluding carboxylic acids is 2. The first-order chi connectivity index (χ1) is 8.99. The fraction of sp³-hybridized carbons (Fsp3) is 0.273. The Kier molecular flexibility index (Phi) is 3.43. The highest BCUT2D eigenvalue weighted by atomic mass is 16.6. The normalized spacial score (nSPS) is 21.8. The van der Waals surface area contributed by atoms with Gasteiger partial charge in [-0.2, -0.15) is 0 Å². The van der Waals surface area contributed by atoms with Gasteiger partial charge in [-0.15, -0.1) is 0 Å². The molecule has 3 N–H and O–H groups in total. The highest BCUT2D eigenvalue weighted by Gasteiger charge is 2.39. The summed E-state index contributed by atoms with van der Waals surface area (Å²) in [6.45, 7) is 0.0389. The molecule has 0 bridgehead atoms. The number of rotatable bonds is 3. The smallest absolute Gasteiger partial charge is 0.269 e. The van der Waals surface area contributed by atoms with Crippen molar-refractivity contribution in [2.75, 3.05) is 11.9 Å². The third-order valence-corrected chi connectivity index (χ3v) is 2.78. The molecule has 0 saturated carbocycles. The molecule has 0 aliphatic carbocycles. The lowest BCUT2D eigenvalue weighted by Gasteiger charge is -2.11. The second-order valence-electron chi connectivity index (χ2n) is 4.08. The Bertz CT molecular complexity index is 528. The topological polar surface area (TPSA) is 122 Å². The van der Waals surface area contributed by atoms with Crippen LogP contribution in [0.3, 0.4) is 0 Å². The lowest BCUT2D eigenvalue weighted by Crippen LogP contribution is -2.34. The number of anilines is 1. The minimum Gasteiger partial charge on any atom is -0.390 e. The molecule has 8 nitrogen and oxygen atoms in total. The van der Waals surface area contributed by atoms with Crippen LogP contribution >= 0.6 is 0 Å². The molecule has 2 unspecified atom stereocenters. The number of non-ortho nitro benzene ring substituents is 1. The number of aliphatic hydroxyl groups excluding tert-OH is 1. The SMILES string of the molecule is O=C1NCC(O)C1C(=O)Nc1ccc([N+](=O)[O-])cc1. The van der Waals surface area contributed by atoms with Gasteiger partial charge in [-0.1, -0.05) is 0 Å². The van der Waals surface area contributed by atoms with E-state index in [0.717, 1.165) is 0 Å². The first-order valence-electron chi connectivity index (χ1n) is 5.50. The maximum Gasteiger partial charge on any atom is 0.269 e. The molecule has 2 amide bonds. The number of amides is 2. The van der Waals surface area contributed by atoms with Crippen molar-refractivity contribution >= 4 is 23.2 Å². The number of hydrogen-bond acceptors (Lipinski definition) is 5. The van der Waals surface area contributed by atoms with Gasteiger partial charge in [-0.25, -0.2) is 0 Å². The molecule has 1 aliphatic rings. The van der Waals surface area contributed by atoms with Crippen LogP contribution < -0.4 is 10.6 Å². The molecule has 0 radical (unpaired) electrons. The number of nitrogens with one attached hydrogen (secondary N) is 2. The van der Waals surface area contributed by atoms with Crippen molar-refractivity contribution in [1.29, 1.82) is 0 Å². The summed E-state index contributed by atoms with van der Waals surface area (Å²) >= 11 is 0. The van der Waals surface area contributed by atoms with Crippen LogP contribution in [0.2, 0.25) is 0 Å². The second-order valence-corrected chi connectivity index (χ2v) is 4.08. The fourth-order valence-electron chi connectivity index (χ4n) is 1.79. The minimum atomic E-state index is -1.16. The summed E-state index contributed by atoms with van der Waals surface area (Å²) in [6.07, 6.45) is -1.06. The molecule has 0 spiro atoms. The van der Waals surface area contributed by atoms with E-state index in [9.17, 15) is 24.8 Å². The highest BCUT2D eigenvalue weighted by Crippen LogP contribution is 2.18. The standard InChI is InChI=1S/C11H11N3O5/c15-8-5-12-10(16)9(8)11(17)13-6-1-3-7(4-2-6)14(18)19/h1-4,8-9,15H,5H2,(H,12,16)(H,13,17). The first-order valence-corrected chi connectivity index (χ1v) is 5.50. The Labute approximate surface area is 107 Å². The summed E-state index contributed by atoms with van der Waals surface area (Å²) in [5, 5.41) is 24.8. The van der Waals surface area contributed by atoms with Crippen molar-refractivity contribution in [1.82, 2.24) is 5.32 Å². The van der Waals surface area contributed by atoms with Crippen molar-refractivity contribution in [3.63, 3.8) is 0 Å². The predicted octanol–water partition coefficient (Wildman–Crippen LogP) is -0.360. The van der Waals surface area contributed by atoms with Crippen LogP contribution in [0.15, 0.2) is 24.3 Å². The molecule has 1 saturated heterocycles. The summed E-state index contributed by atoms with van der Waals surface area (Å²) in [5.74, 6) is -2.33. The molecule has 1 aromatic rings. The number of benzene rings is 1. The van der Waals surface area contributed by atoms with Crippen molar-refractivity contribution in [2.24, 2.45) is 5.92 Å². The third-order valence-electron chi connectivity index (χ3n) is 2.78. The molecule has 1 aliphatic heterocycles. The van der Waals surface area contributed by atoms with E-state index in [-0.39, 0.29) is 12.2 Å². The predicted molar refractivity (Wildman–Crippen MR) is 64.2 cm³/mol. The lowest BCUT2D eigenvalue weighted by molar-refractivity contribution is -0.384. The molecule has 2 rings (SSSR count). The van der Waals surface area contributed by atoms with E-state index in [1.54, 1.807) is 0 Å². The average molecular weight is 265 g/mol. The van der Waals surface area contributed by atoms with Crippen LogP contribution in [0.25, 0.3) is 0 Å². The summed E-state index contributed by atoms with van der Waals surface area (Å²) in [7, 11) is 0. The van der Waals surface area contributed by atoms with Crippen molar-refractivity contribution in [3.8, 4) is 0 Å². The number of nitrogens with zero attached hydrogens (tertiary/aromatic N) is 1. The van der Waals surface area contributed by atoms with Gasteiger partial charge in [-0.05, 0) is 12.1 Å². The van der Waals surface area contributed by atoms with Gasteiger partial charge in [0.2, 0.25) is 11.8 Å².